The second kappa shape index (κ2) is 6.65. The standard InChI is InChI=1S/C14H13BrF2N2O/c1-2-18-13-11(16)7-12(17)14(19-13)20-8-9-5-3-4-6-10(9)15/h3-7H,2,8H2,1H3,(H,18,19). The van der Waals surface area contributed by atoms with Crippen LogP contribution in [0.2, 0.25) is 0 Å². The van der Waals surface area contributed by atoms with Crippen LogP contribution in [0.15, 0.2) is 34.8 Å². The SMILES string of the molecule is CCNc1nc(OCc2ccccc2Br)c(F)cc1F. The molecule has 1 aromatic carbocycles. The van der Waals surface area contributed by atoms with Gasteiger partial charge < -0.3 is 10.1 Å². The normalized spacial score (nSPS) is 10.4. The van der Waals surface area contributed by atoms with Gasteiger partial charge >= 0.3 is 0 Å². The Morgan fingerprint density at radius 1 is 1.25 bits per heavy atom. The van der Waals surface area contributed by atoms with E-state index in [2.05, 4.69) is 26.2 Å². The smallest absolute Gasteiger partial charge is 0.252 e. The Morgan fingerprint density at radius 3 is 2.70 bits per heavy atom. The van der Waals surface area contributed by atoms with Gasteiger partial charge in [-0.2, -0.15) is 4.98 Å². The fourth-order valence-electron chi connectivity index (χ4n) is 1.60. The fourth-order valence-corrected chi connectivity index (χ4v) is 2.00. The van der Waals surface area contributed by atoms with Gasteiger partial charge in [-0.15, -0.1) is 0 Å². The average Bonchev–Trinajstić information content (AvgIpc) is 2.42. The van der Waals surface area contributed by atoms with Crippen LogP contribution >= 0.6 is 15.9 Å². The highest BCUT2D eigenvalue weighted by Gasteiger charge is 2.13. The van der Waals surface area contributed by atoms with Gasteiger partial charge in [-0.05, 0) is 13.0 Å². The van der Waals surface area contributed by atoms with Gasteiger partial charge in [-0.3, -0.25) is 0 Å². The lowest BCUT2D eigenvalue weighted by Crippen LogP contribution is -2.06. The quantitative estimate of drug-likeness (QED) is 0.886. The molecule has 0 bridgehead atoms. The summed E-state index contributed by atoms with van der Waals surface area (Å²) in [5.74, 6) is -1.80. The molecule has 1 N–H and O–H groups in total. The van der Waals surface area contributed by atoms with Crippen molar-refractivity contribution in [3.05, 3.63) is 52.0 Å². The van der Waals surface area contributed by atoms with Crippen LogP contribution in [0.3, 0.4) is 0 Å². The Bertz CT molecular complexity index is 608. The molecule has 0 aliphatic rings. The topological polar surface area (TPSA) is 34.2 Å². The Balaban J connectivity index is 2.17. The van der Waals surface area contributed by atoms with Crippen LogP contribution in [0, 0.1) is 11.6 Å². The zero-order valence-electron chi connectivity index (χ0n) is 10.8. The Kier molecular flexibility index (Phi) is 4.89. The van der Waals surface area contributed by atoms with Gasteiger partial charge in [0.05, 0.1) is 0 Å². The molecule has 0 unspecified atom stereocenters. The predicted molar refractivity (Wildman–Crippen MR) is 76.8 cm³/mol. The van der Waals surface area contributed by atoms with Gasteiger partial charge in [0, 0.05) is 22.6 Å². The first-order chi connectivity index (χ1) is 9.61. The number of halogens is 3. The molecule has 0 spiro atoms. The van der Waals surface area contributed by atoms with Crippen molar-refractivity contribution in [1.82, 2.24) is 4.98 Å². The third kappa shape index (κ3) is 3.45. The van der Waals surface area contributed by atoms with E-state index in [-0.39, 0.29) is 18.3 Å². The Hall–Kier alpha value is -1.69. The molecule has 20 heavy (non-hydrogen) atoms. The first-order valence-electron chi connectivity index (χ1n) is 6.08. The molecule has 0 atom stereocenters. The van der Waals surface area contributed by atoms with Crippen molar-refractivity contribution >= 4 is 21.7 Å². The minimum atomic E-state index is -0.823. The molecule has 0 amide bonds. The molecule has 0 radical (unpaired) electrons. The lowest BCUT2D eigenvalue weighted by molar-refractivity contribution is 0.275. The van der Waals surface area contributed by atoms with Crippen molar-refractivity contribution in [2.45, 2.75) is 13.5 Å². The molecule has 0 fully saturated rings. The highest BCUT2D eigenvalue weighted by Crippen LogP contribution is 2.23. The highest BCUT2D eigenvalue weighted by atomic mass is 79.9. The van der Waals surface area contributed by atoms with Crippen molar-refractivity contribution in [2.75, 3.05) is 11.9 Å². The second-order valence-electron chi connectivity index (χ2n) is 4.02. The number of anilines is 1. The molecular weight excluding hydrogens is 330 g/mol. The molecule has 0 aliphatic heterocycles. The van der Waals surface area contributed by atoms with Crippen molar-refractivity contribution in [3.8, 4) is 5.88 Å². The lowest BCUT2D eigenvalue weighted by atomic mass is 10.2. The molecule has 1 aromatic heterocycles. The number of pyridine rings is 1. The van der Waals surface area contributed by atoms with Gasteiger partial charge in [-0.1, -0.05) is 34.1 Å². The number of ether oxygens (including phenoxy) is 1. The third-order valence-corrected chi connectivity index (χ3v) is 3.34. The van der Waals surface area contributed by atoms with Crippen LogP contribution in [0.5, 0.6) is 5.88 Å². The van der Waals surface area contributed by atoms with Crippen molar-refractivity contribution in [3.63, 3.8) is 0 Å². The van der Waals surface area contributed by atoms with Crippen LogP contribution < -0.4 is 10.1 Å². The largest absolute Gasteiger partial charge is 0.471 e. The molecule has 0 aliphatic carbocycles. The molecule has 0 saturated carbocycles. The Morgan fingerprint density at radius 2 is 2.00 bits per heavy atom. The second-order valence-corrected chi connectivity index (χ2v) is 4.87. The summed E-state index contributed by atoms with van der Waals surface area (Å²) in [6, 6.07) is 8.18. The first kappa shape index (κ1) is 14.7. The van der Waals surface area contributed by atoms with Gasteiger partial charge in [0.25, 0.3) is 5.88 Å². The maximum Gasteiger partial charge on any atom is 0.252 e. The maximum atomic E-state index is 13.6. The van der Waals surface area contributed by atoms with Crippen LogP contribution in [-0.2, 0) is 6.61 Å². The number of nitrogens with one attached hydrogen (secondary N) is 1. The van der Waals surface area contributed by atoms with E-state index in [0.29, 0.717) is 6.54 Å². The number of nitrogens with zero attached hydrogens (tertiary/aromatic N) is 1. The Labute approximate surface area is 124 Å². The van der Waals surface area contributed by atoms with Crippen LogP contribution in [0.25, 0.3) is 0 Å². The minimum Gasteiger partial charge on any atom is -0.471 e. The van der Waals surface area contributed by atoms with E-state index < -0.39 is 11.6 Å². The summed E-state index contributed by atoms with van der Waals surface area (Å²) >= 11 is 3.37. The van der Waals surface area contributed by atoms with Crippen molar-refractivity contribution in [1.29, 1.82) is 0 Å². The van der Waals surface area contributed by atoms with E-state index in [1.165, 1.54) is 0 Å². The molecule has 0 saturated heterocycles. The van der Waals surface area contributed by atoms with Gasteiger partial charge in [0.15, 0.2) is 17.5 Å². The number of hydrogen-bond donors (Lipinski definition) is 1. The van der Waals surface area contributed by atoms with E-state index >= 15 is 0 Å². The fraction of sp³-hybridized carbons (Fsp3) is 0.214. The van der Waals surface area contributed by atoms with Crippen molar-refractivity contribution < 1.29 is 13.5 Å². The monoisotopic (exact) mass is 342 g/mol. The van der Waals surface area contributed by atoms with E-state index in [4.69, 9.17) is 4.74 Å². The summed E-state index contributed by atoms with van der Waals surface area (Å²) in [5.41, 5.74) is 0.850. The summed E-state index contributed by atoms with van der Waals surface area (Å²) in [4.78, 5) is 3.81. The summed E-state index contributed by atoms with van der Waals surface area (Å²) in [5, 5.41) is 2.71. The molecule has 106 valence electrons. The van der Waals surface area contributed by atoms with Gasteiger partial charge in [-0.25, -0.2) is 8.78 Å². The summed E-state index contributed by atoms with van der Waals surface area (Å²) in [6.45, 7) is 2.42. The number of rotatable bonds is 5. The number of aromatic nitrogens is 1. The third-order valence-electron chi connectivity index (χ3n) is 2.56. The molecule has 2 aromatic rings. The highest BCUT2D eigenvalue weighted by molar-refractivity contribution is 9.10. The average molecular weight is 343 g/mol. The zero-order chi connectivity index (χ0) is 14.5. The van der Waals surface area contributed by atoms with E-state index in [1.807, 2.05) is 24.3 Å². The van der Waals surface area contributed by atoms with Crippen LogP contribution in [-0.4, -0.2) is 11.5 Å². The van der Waals surface area contributed by atoms with Crippen molar-refractivity contribution in [2.24, 2.45) is 0 Å². The summed E-state index contributed by atoms with van der Waals surface area (Å²) in [6.07, 6.45) is 0. The molecule has 6 heteroatoms. The number of benzene rings is 1. The molecule has 3 nitrogen and oxygen atoms in total. The molecule has 2 rings (SSSR count). The van der Waals surface area contributed by atoms with E-state index in [9.17, 15) is 8.78 Å². The zero-order valence-corrected chi connectivity index (χ0v) is 12.4. The summed E-state index contributed by atoms with van der Waals surface area (Å²) in [7, 11) is 0. The van der Waals surface area contributed by atoms with Crippen LogP contribution in [0.1, 0.15) is 12.5 Å². The molecular formula is C14H13BrF2N2O. The molecule has 1 heterocycles. The first-order valence-corrected chi connectivity index (χ1v) is 6.87. The van der Waals surface area contributed by atoms with Gasteiger partial charge in [0.1, 0.15) is 6.61 Å². The minimum absolute atomic E-state index is 0.0176. The van der Waals surface area contributed by atoms with Crippen LogP contribution in [0.4, 0.5) is 14.6 Å². The van der Waals surface area contributed by atoms with Gasteiger partial charge in [0.2, 0.25) is 0 Å². The summed E-state index contributed by atoms with van der Waals surface area (Å²) < 4.78 is 33.2. The van der Waals surface area contributed by atoms with E-state index in [0.717, 1.165) is 16.1 Å². The lowest BCUT2D eigenvalue weighted by Gasteiger charge is -2.10. The maximum absolute atomic E-state index is 13.6. The van der Waals surface area contributed by atoms with E-state index in [1.54, 1.807) is 6.92 Å². The number of hydrogen-bond acceptors (Lipinski definition) is 3. The predicted octanol–water partition coefficient (Wildman–Crippen LogP) is 4.13.